The molecule has 1 unspecified atom stereocenters. The zero-order valence-corrected chi connectivity index (χ0v) is 16.8. The number of imidazole rings is 1. The predicted molar refractivity (Wildman–Crippen MR) is 109 cm³/mol. The van der Waals surface area contributed by atoms with E-state index in [0.717, 1.165) is 63.2 Å². The van der Waals surface area contributed by atoms with Gasteiger partial charge in [-0.15, -0.1) is 24.8 Å². The van der Waals surface area contributed by atoms with Crippen molar-refractivity contribution in [3.8, 4) is 0 Å². The summed E-state index contributed by atoms with van der Waals surface area (Å²) in [6.07, 6.45) is 4.34. The quantitative estimate of drug-likeness (QED) is 0.760. The largest absolute Gasteiger partial charge is 0.356 e. The van der Waals surface area contributed by atoms with Crippen LogP contribution in [0.4, 0.5) is 0 Å². The van der Waals surface area contributed by atoms with E-state index in [1.165, 1.54) is 5.52 Å². The summed E-state index contributed by atoms with van der Waals surface area (Å²) in [6, 6.07) is 8.23. The van der Waals surface area contributed by atoms with Crippen LogP contribution >= 0.6 is 24.8 Å². The number of hydrogen-bond donors (Lipinski definition) is 2. The number of fused-ring (bicyclic) bond motifs is 1. The molecule has 0 radical (unpaired) electrons. The third-order valence-electron chi connectivity index (χ3n) is 5.81. The van der Waals surface area contributed by atoms with E-state index >= 15 is 0 Å². The van der Waals surface area contributed by atoms with Crippen LogP contribution in [0.3, 0.4) is 0 Å². The summed E-state index contributed by atoms with van der Waals surface area (Å²) in [5.41, 5.74) is 2.55. The zero-order chi connectivity index (χ0) is 16.6. The van der Waals surface area contributed by atoms with Crippen LogP contribution in [0.15, 0.2) is 24.3 Å². The topological polar surface area (TPSA) is 59.0 Å². The number of aryl methyl sites for hydroxylation is 2. The number of para-hydroxylation sites is 2. The molecule has 0 bridgehead atoms. The van der Waals surface area contributed by atoms with Gasteiger partial charge >= 0.3 is 0 Å². The minimum atomic E-state index is 0. The van der Waals surface area contributed by atoms with E-state index in [0.29, 0.717) is 5.41 Å². The standard InChI is InChI=1S/C19H26N4O.2ClH/c1-14-22-16-5-2-3-6-17(16)23(14)12-4-9-21-18(24)15-13-19(15)7-10-20-11-8-19;;/h2-3,5-6,15,20H,4,7-13H2,1H3,(H,21,24);2*1H. The number of hydrogen-bond acceptors (Lipinski definition) is 3. The van der Waals surface area contributed by atoms with Crippen LogP contribution in [0.1, 0.15) is 31.5 Å². The highest BCUT2D eigenvalue weighted by molar-refractivity contribution is 5.85. The number of piperidine rings is 1. The van der Waals surface area contributed by atoms with E-state index in [-0.39, 0.29) is 36.6 Å². The monoisotopic (exact) mass is 398 g/mol. The van der Waals surface area contributed by atoms with Crippen LogP contribution in [0.25, 0.3) is 11.0 Å². The van der Waals surface area contributed by atoms with E-state index in [9.17, 15) is 4.79 Å². The molecule has 1 amide bonds. The molecule has 1 aromatic carbocycles. The van der Waals surface area contributed by atoms with Crippen LogP contribution in [0.5, 0.6) is 0 Å². The molecule has 5 nitrogen and oxygen atoms in total. The van der Waals surface area contributed by atoms with Crippen LogP contribution in [0.2, 0.25) is 0 Å². The molecule has 1 spiro atoms. The molecule has 1 atom stereocenters. The van der Waals surface area contributed by atoms with Crippen molar-refractivity contribution in [2.75, 3.05) is 19.6 Å². The minimum absolute atomic E-state index is 0. The molecule has 2 aliphatic rings. The van der Waals surface area contributed by atoms with E-state index in [4.69, 9.17) is 0 Å². The fourth-order valence-corrected chi connectivity index (χ4v) is 4.25. The highest BCUT2D eigenvalue weighted by Gasteiger charge is 2.57. The molecule has 1 aliphatic carbocycles. The Kier molecular flexibility index (Phi) is 6.94. The lowest BCUT2D eigenvalue weighted by Gasteiger charge is -2.23. The number of amides is 1. The Morgan fingerprint density at radius 3 is 2.81 bits per heavy atom. The van der Waals surface area contributed by atoms with E-state index in [2.05, 4.69) is 26.3 Å². The molecule has 1 aromatic heterocycles. The Morgan fingerprint density at radius 1 is 1.31 bits per heavy atom. The van der Waals surface area contributed by atoms with Crippen molar-refractivity contribution >= 4 is 41.8 Å². The smallest absolute Gasteiger partial charge is 0.223 e. The summed E-state index contributed by atoms with van der Waals surface area (Å²) in [6.45, 7) is 5.82. The molecule has 2 fully saturated rings. The zero-order valence-electron chi connectivity index (χ0n) is 15.2. The number of carbonyl (C=O) groups is 1. The lowest BCUT2D eigenvalue weighted by atomic mass is 9.92. The fraction of sp³-hybridized carbons (Fsp3) is 0.579. The summed E-state index contributed by atoms with van der Waals surface area (Å²) < 4.78 is 2.24. The summed E-state index contributed by atoms with van der Waals surface area (Å²) in [5.74, 6) is 1.57. The van der Waals surface area contributed by atoms with Crippen molar-refractivity contribution < 1.29 is 4.79 Å². The van der Waals surface area contributed by atoms with Crippen LogP contribution in [0, 0.1) is 18.3 Å². The molecule has 1 aliphatic heterocycles. The van der Waals surface area contributed by atoms with Gasteiger partial charge in [0, 0.05) is 19.0 Å². The summed E-state index contributed by atoms with van der Waals surface area (Å²) in [4.78, 5) is 17.0. The Balaban J connectivity index is 0.00000121. The van der Waals surface area contributed by atoms with Gasteiger partial charge in [0.15, 0.2) is 0 Å². The van der Waals surface area contributed by atoms with Gasteiger partial charge in [0.1, 0.15) is 5.82 Å². The SMILES string of the molecule is Cc1nc2ccccc2n1CCCNC(=O)C1CC12CCNCC2.Cl.Cl. The first-order valence-corrected chi connectivity index (χ1v) is 9.10. The second-order valence-electron chi connectivity index (χ2n) is 7.31. The summed E-state index contributed by atoms with van der Waals surface area (Å²) in [5, 5.41) is 6.54. The van der Waals surface area contributed by atoms with Gasteiger partial charge in [-0.3, -0.25) is 4.79 Å². The van der Waals surface area contributed by atoms with Gasteiger partial charge in [0.2, 0.25) is 5.91 Å². The lowest BCUT2D eigenvalue weighted by Crippen LogP contribution is -2.34. The molecular formula is C19H28Cl2N4O. The summed E-state index contributed by atoms with van der Waals surface area (Å²) >= 11 is 0. The van der Waals surface area contributed by atoms with Crippen LogP contribution < -0.4 is 10.6 Å². The van der Waals surface area contributed by atoms with Gasteiger partial charge < -0.3 is 15.2 Å². The first-order chi connectivity index (χ1) is 11.7. The Hall–Kier alpha value is -1.30. The van der Waals surface area contributed by atoms with Crippen molar-refractivity contribution in [2.45, 2.75) is 39.2 Å². The van der Waals surface area contributed by atoms with Crippen molar-refractivity contribution in [1.82, 2.24) is 20.2 Å². The molecule has 2 N–H and O–H groups in total. The maximum absolute atomic E-state index is 12.4. The molecule has 7 heteroatoms. The van der Waals surface area contributed by atoms with Crippen molar-refractivity contribution in [1.29, 1.82) is 0 Å². The van der Waals surface area contributed by atoms with E-state index in [1.807, 2.05) is 25.1 Å². The van der Waals surface area contributed by atoms with E-state index < -0.39 is 0 Å². The third kappa shape index (κ3) is 4.00. The van der Waals surface area contributed by atoms with E-state index in [1.54, 1.807) is 0 Å². The first-order valence-electron chi connectivity index (χ1n) is 9.10. The van der Waals surface area contributed by atoms with Gasteiger partial charge in [-0.25, -0.2) is 4.98 Å². The molecule has 1 saturated heterocycles. The van der Waals surface area contributed by atoms with Gasteiger partial charge in [-0.2, -0.15) is 0 Å². The number of halogens is 2. The molecular weight excluding hydrogens is 371 g/mol. The predicted octanol–water partition coefficient (Wildman–Crippen LogP) is 3.08. The Bertz CT molecular complexity index is 755. The number of benzene rings is 1. The van der Waals surface area contributed by atoms with Gasteiger partial charge in [0.05, 0.1) is 11.0 Å². The van der Waals surface area contributed by atoms with Crippen molar-refractivity contribution in [3.05, 3.63) is 30.1 Å². The van der Waals surface area contributed by atoms with Crippen molar-refractivity contribution in [3.63, 3.8) is 0 Å². The normalized spacial score (nSPS) is 20.3. The molecule has 26 heavy (non-hydrogen) atoms. The minimum Gasteiger partial charge on any atom is -0.356 e. The van der Waals surface area contributed by atoms with Gasteiger partial charge in [0.25, 0.3) is 0 Å². The molecule has 2 heterocycles. The average molecular weight is 399 g/mol. The Labute approximate surface area is 167 Å². The number of aromatic nitrogens is 2. The molecule has 1 saturated carbocycles. The molecule has 2 aromatic rings. The number of nitrogens with zero attached hydrogens (tertiary/aromatic N) is 2. The van der Waals surface area contributed by atoms with Gasteiger partial charge in [-0.05, 0) is 63.2 Å². The summed E-state index contributed by atoms with van der Waals surface area (Å²) in [7, 11) is 0. The first kappa shape index (κ1) is 21.0. The van der Waals surface area contributed by atoms with Gasteiger partial charge in [-0.1, -0.05) is 12.1 Å². The number of rotatable bonds is 5. The second-order valence-corrected chi connectivity index (χ2v) is 7.31. The fourth-order valence-electron chi connectivity index (χ4n) is 4.25. The van der Waals surface area contributed by atoms with Crippen molar-refractivity contribution in [2.24, 2.45) is 11.3 Å². The average Bonchev–Trinajstić information content (AvgIpc) is 3.18. The molecule has 4 rings (SSSR count). The third-order valence-corrected chi connectivity index (χ3v) is 5.81. The maximum atomic E-state index is 12.4. The number of nitrogens with one attached hydrogen (secondary N) is 2. The molecule has 144 valence electrons. The Morgan fingerprint density at radius 2 is 2.04 bits per heavy atom. The maximum Gasteiger partial charge on any atom is 0.223 e. The highest BCUT2D eigenvalue weighted by Crippen LogP contribution is 2.58. The lowest BCUT2D eigenvalue weighted by molar-refractivity contribution is -0.123. The second kappa shape index (κ2) is 8.59. The number of carbonyl (C=O) groups excluding carboxylic acids is 1. The van der Waals surface area contributed by atoms with Crippen LogP contribution in [-0.2, 0) is 11.3 Å². The highest BCUT2D eigenvalue weighted by atomic mass is 35.5. The van der Waals surface area contributed by atoms with Crippen LogP contribution in [-0.4, -0.2) is 35.1 Å².